The van der Waals surface area contributed by atoms with Crippen molar-refractivity contribution < 1.29 is 0 Å². The number of rotatable bonds is 2. The number of aromatic nitrogens is 4. The van der Waals surface area contributed by atoms with Crippen LogP contribution in [-0.4, -0.2) is 20.4 Å². The van der Waals surface area contributed by atoms with Gasteiger partial charge in [-0.05, 0) is 12.1 Å². The molecule has 0 aliphatic rings. The Bertz CT molecular complexity index is 354. The highest BCUT2D eigenvalue weighted by Gasteiger charge is 2.10. The Labute approximate surface area is 76.0 Å². The van der Waals surface area contributed by atoms with E-state index in [2.05, 4.69) is 27.3 Å². The Kier molecular flexibility index (Phi) is 2.04. The van der Waals surface area contributed by atoms with Crippen molar-refractivity contribution in [2.75, 3.05) is 0 Å². The Morgan fingerprint density at radius 2 is 2.23 bits per heavy atom. The number of nitrogens with one attached hydrogen (secondary N) is 1. The lowest BCUT2D eigenvalue weighted by Crippen LogP contribution is -1.98. The second-order valence-electron chi connectivity index (χ2n) is 2.87. The molecule has 66 valence electrons. The number of pyridine rings is 1. The van der Waals surface area contributed by atoms with Gasteiger partial charge in [-0.25, -0.2) is 0 Å². The molecule has 1 N–H and O–H groups in total. The highest BCUT2D eigenvalue weighted by atomic mass is 15.3. The largest absolute Gasteiger partial charge is 0.261 e. The molecular weight excluding hydrogens is 164 g/mol. The van der Waals surface area contributed by atoms with Gasteiger partial charge in [0.05, 0.1) is 11.9 Å². The Morgan fingerprint density at radius 1 is 1.31 bits per heavy atom. The molecule has 0 fully saturated rings. The minimum atomic E-state index is 0.194. The minimum Gasteiger partial charge on any atom is -0.261 e. The van der Waals surface area contributed by atoms with E-state index >= 15 is 0 Å². The van der Waals surface area contributed by atoms with Crippen molar-refractivity contribution in [3.63, 3.8) is 0 Å². The van der Waals surface area contributed by atoms with Gasteiger partial charge in [0.1, 0.15) is 0 Å². The number of hydrogen-bond acceptors (Lipinski definition) is 3. The lowest BCUT2D eigenvalue weighted by molar-refractivity contribution is 0.813. The van der Waals surface area contributed by atoms with Crippen LogP contribution in [0.25, 0.3) is 0 Å². The van der Waals surface area contributed by atoms with E-state index in [9.17, 15) is 0 Å². The molecule has 0 aliphatic heterocycles. The van der Waals surface area contributed by atoms with Gasteiger partial charge in [0, 0.05) is 17.8 Å². The normalized spacial score (nSPS) is 12.7. The maximum Gasteiger partial charge on any atom is 0.0912 e. The molecule has 0 aromatic carbocycles. The van der Waals surface area contributed by atoms with E-state index < -0.39 is 0 Å². The third kappa shape index (κ3) is 1.56. The Balaban J connectivity index is 2.29. The average molecular weight is 174 g/mol. The van der Waals surface area contributed by atoms with Crippen LogP contribution in [-0.2, 0) is 0 Å². The standard InChI is InChI=1S/C9H10N4/c1-7(9-6-11-13-12-9)8-4-2-3-5-10-8/h2-7H,1H3,(H,11,12,13). The lowest BCUT2D eigenvalue weighted by Gasteiger charge is -2.05. The van der Waals surface area contributed by atoms with Gasteiger partial charge in [0.15, 0.2) is 0 Å². The summed E-state index contributed by atoms with van der Waals surface area (Å²) in [4.78, 5) is 4.25. The molecule has 0 saturated heterocycles. The van der Waals surface area contributed by atoms with Gasteiger partial charge in [-0.2, -0.15) is 15.4 Å². The predicted octanol–water partition coefficient (Wildman–Crippen LogP) is 1.35. The van der Waals surface area contributed by atoms with Crippen molar-refractivity contribution in [2.24, 2.45) is 0 Å². The molecule has 0 aliphatic carbocycles. The van der Waals surface area contributed by atoms with Crippen LogP contribution in [0.2, 0.25) is 0 Å². The fourth-order valence-corrected chi connectivity index (χ4v) is 1.20. The fraction of sp³-hybridized carbons (Fsp3) is 0.222. The third-order valence-corrected chi connectivity index (χ3v) is 2.01. The van der Waals surface area contributed by atoms with E-state index in [1.807, 2.05) is 18.2 Å². The van der Waals surface area contributed by atoms with Crippen LogP contribution in [0, 0.1) is 0 Å². The van der Waals surface area contributed by atoms with Crippen LogP contribution in [0.3, 0.4) is 0 Å². The maximum atomic E-state index is 4.25. The summed E-state index contributed by atoms with van der Waals surface area (Å²) in [5, 5.41) is 10.4. The molecule has 0 bridgehead atoms. The average Bonchev–Trinajstić information content (AvgIpc) is 2.71. The summed E-state index contributed by atoms with van der Waals surface area (Å²) in [5.74, 6) is 0.194. The van der Waals surface area contributed by atoms with Gasteiger partial charge in [-0.1, -0.05) is 13.0 Å². The number of H-pyrrole nitrogens is 1. The first-order valence-electron chi connectivity index (χ1n) is 4.14. The summed E-state index contributed by atoms with van der Waals surface area (Å²) in [6.45, 7) is 2.06. The molecule has 1 unspecified atom stereocenters. The van der Waals surface area contributed by atoms with Crippen LogP contribution in [0.4, 0.5) is 0 Å². The molecular formula is C9H10N4. The van der Waals surface area contributed by atoms with E-state index in [-0.39, 0.29) is 5.92 Å². The van der Waals surface area contributed by atoms with Crippen LogP contribution < -0.4 is 0 Å². The lowest BCUT2D eigenvalue weighted by atomic mass is 10.0. The van der Waals surface area contributed by atoms with Crippen LogP contribution in [0.5, 0.6) is 0 Å². The van der Waals surface area contributed by atoms with Crippen molar-refractivity contribution in [1.29, 1.82) is 0 Å². The summed E-state index contributed by atoms with van der Waals surface area (Å²) in [6, 6.07) is 5.86. The summed E-state index contributed by atoms with van der Waals surface area (Å²) in [6.07, 6.45) is 3.51. The monoisotopic (exact) mass is 174 g/mol. The van der Waals surface area contributed by atoms with Gasteiger partial charge >= 0.3 is 0 Å². The Morgan fingerprint density at radius 3 is 2.85 bits per heavy atom. The Hall–Kier alpha value is -1.71. The zero-order valence-electron chi connectivity index (χ0n) is 7.31. The summed E-state index contributed by atoms with van der Waals surface area (Å²) < 4.78 is 0. The SMILES string of the molecule is CC(c1ccccn1)c1cn[nH]n1. The highest BCUT2D eigenvalue weighted by Crippen LogP contribution is 2.18. The van der Waals surface area contributed by atoms with Crippen molar-refractivity contribution in [2.45, 2.75) is 12.8 Å². The molecule has 2 aromatic heterocycles. The molecule has 2 aromatic rings. The summed E-state index contributed by atoms with van der Waals surface area (Å²) in [5.41, 5.74) is 1.93. The fourth-order valence-electron chi connectivity index (χ4n) is 1.20. The predicted molar refractivity (Wildman–Crippen MR) is 48.1 cm³/mol. The summed E-state index contributed by atoms with van der Waals surface area (Å²) >= 11 is 0. The second-order valence-corrected chi connectivity index (χ2v) is 2.87. The topological polar surface area (TPSA) is 54.5 Å². The third-order valence-electron chi connectivity index (χ3n) is 2.01. The van der Waals surface area contributed by atoms with Gasteiger partial charge in [-0.3, -0.25) is 4.98 Å². The van der Waals surface area contributed by atoms with E-state index in [1.165, 1.54) is 0 Å². The number of hydrogen-bond donors (Lipinski definition) is 1. The summed E-state index contributed by atoms with van der Waals surface area (Å²) in [7, 11) is 0. The molecule has 2 rings (SSSR count). The van der Waals surface area contributed by atoms with E-state index in [4.69, 9.17) is 0 Å². The molecule has 0 amide bonds. The van der Waals surface area contributed by atoms with Crippen LogP contribution in [0.1, 0.15) is 24.2 Å². The van der Waals surface area contributed by atoms with E-state index in [1.54, 1.807) is 12.4 Å². The highest BCUT2D eigenvalue weighted by molar-refractivity contribution is 5.18. The smallest absolute Gasteiger partial charge is 0.0912 e. The molecule has 1 atom stereocenters. The first-order valence-corrected chi connectivity index (χ1v) is 4.14. The van der Waals surface area contributed by atoms with Crippen molar-refractivity contribution in [3.8, 4) is 0 Å². The molecule has 2 heterocycles. The molecule has 0 saturated carbocycles. The van der Waals surface area contributed by atoms with E-state index in [0.29, 0.717) is 0 Å². The molecule has 13 heavy (non-hydrogen) atoms. The van der Waals surface area contributed by atoms with Crippen LogP contribution >= 0.6 is 0 Å². The quantitative estimate of drug-likeness (QED) is 0.747. The number of aromatic amines is 1. The van der Waals surface area contributed by atoms with Crippen molar-refractivity contribution in [1.82, 2.24) is 20.4 Å². The molecule has 0 radical (unpaired) electrons. The molecule has 4 heteroatoms. The van der Waals surface area contributed by atoms with Gasteiger partial charge < -0.3 is 0 Å². The minimum absolute atomic E-state index is 0.194. The molecule has 4 nitrogen and oxygen atoms in total. The first kappa shape index (κ1) is 7.91. The zero-order valence-corrected chi connectivity index (χ0v) is 7.31. The first-order chi connectivity index (χ1) is 6.38. The van der Waals surface area contributed by atoms with Gasteiger partial charge in [0.2, 0.25) is 0 Å². The molecule has 0 spiro atoms. The second kappa shape index (κ2) is 3.35. The zero-order chi connectivity index (χ0) is 9.10. The van der Waals surface area contributed by atoms with Gasteiger partial charge in [0.25, 0.3) is 0 Å². The van der Waals surface area contributed by atoms with Crippen molar-refractivity contribution >= 4 is 0 Å². The van der Waals surface area contributed by atoms with E-state index in [0.717, 1.165) is 11.4 Å². The van der Waals surface area contributed by atoms with Crippen molar-refractivity contribution in [3.05, 3.63) is 42.0 Å². The number of nitrogens with zero attached hydrogens (tertiary/aromatic N) is 3. The maximum absolute atomic E-state index is 4.25. The van der Waals surface area contributed by atoms with Gasteiger partial charge in [-0.15, -0.1) is 0 Å². The van der Waals surface area contributed by atoms with Crippen LogP contribution in [0.15, 0.2) is 30.6 Å².